The van der Waals surface area contributed by atoms with Crippen LogP contribution in [0, 0.1) is 0 Å². The lowest BCUT2D eigenvalue weighted by molar-refractivity contribution is 0.0685. The molecule has 0 aliphatic heterocycles. The Labute approximate surface area is 86.1 Å². The van der Waals surface area contributed by atoms with Crippen LogP contribution in [0.3, 0.4) is 0 Å². The molecule has 82 valence electrons. The molecule has 0 radical (unpaired) electrons. The lowest BCUT2D eigenvalue weighted by Gasteiger charge is -2.04. The maximum Gasteiger partial charge on any atom is 0.356 e. The van der Waals surface area contributed by atoms with Crippen molar-refractivity contribution in [2.24, 2.45) is 0 Å². The van der Waals surface area contributed by atoms with Crippen molar-refractivity contribution in [1.82, 2.24) is 9.78 Å². The van der Waals surface area contributed by atoms with Crippen molar-refractivity contribution < 1.29 is 14.6 Å². The highest BCUT2D eigenvalue weighted by Gasteiger charge is 2.06. The van der Waals surface area contributed by atoms with E-state index in [9.17, 15) is 9.59 Å². The zero-order valence-corrected chi connectivity index (χ0v) is 8.34. The predicted octanol–water partition coefficient (Wildman–Crippen LogP) is -0.0220. The second-order valence-electron chi connectivity index (χ2n) is 2.78. The number of hydrogen-bond donors (Lipinski definition) is 1. The van der Waals surface area contributed by atoms with Gasteiger partial charge in [-0.05, 0) is 13.0 Å². The van der Waals surface area contributed by atoms with Gasteiger partial charge in [0.25, 0.3) is 5.56 Å². The van der Waals surface area contributed by atoms with E-state index in [-0.39, 0.29) is 17.8 Å². The molecule has 1 rings (SSSR count). The lowest BCUT2D eigenvalue weighted by atomic mass is 10.4. The number of aromatic nitrogens is 2. The minimum absolute atomic E-state index is 0.147. The second-order valence-corrected chi connectivity index (χ2v) is 2.78. The Kier molecular flexibility index (Phi) is 3.99. The molecule has 0 aliphatic carbocycles. The quantitative estimate of drug-likeness (QED) is 0.693. The molecular formula is C9H12N2O4. The molecule has 0 saturated carbocycles. The summed E-state index contributed by atoms with van der Waals surface area (Å²) >= 11 is 0. The Hall–Kier alpha value is -1.69. The molecule has 0 fully saturated rings. The maximum atomic E-state index is 11.2. The number of carbonyl (C=O) groups is 1. The Morgan fingerprint density at radius 1 is 1.60 bits per heavy atom. The fourth-order valence-electron chi connectivity index (χ4n) is 1.02. The molecule has 0 aliphatic rings. The summed E-state index contributed by atoms with van der Waals surface area (Å²) < 4.78 is 6.13. The summed E-state index contributed by atoms with van der Waals surface area (Å²) in [7, 11) is 0. The molecule has 1 aromatic heterocycles. The van der Waals surface area contributed by atoms with Gasteiger partial charge in [0, 0.05) is 12.7 Å². The smallest absolute Gasteiger partial charge is 0.356 e. The zero-order valence-electron chi connectivity index (χ0n) is 8.34. The SMILES string of the molecule is CCOCCn1nc(C(=O)O)ccc1=O. The summed E-state index contributed by atoms with van der Waals surface area (Å²) in [4.78, 5) is 21.8. The Morgan fingerprint density at radius 2 is 2.33 bits per heavy atom. The third-order valence-corrected chi connectivity index (χ3v) is 1.74. The number of carboxylic acid groups (broad SMARTS) is 1. The van der Waals surface area contributed by atoms with Crippen LogP contribution in [0.25, 0.3) is 0 Å². The maximum absolute atomic E-state index is 11.2. The third kappa shape index (κ3) is 3.17. The number of carboxylic acids is 1. The van der Waals surface area contributed by atoms with Crippen molar-refractivity contribution in [3.05, 3.63) is 28.2 Å². The average Bonchev–Trinajstić information content (AvgIpc) is 2.20. The van der Waals surface area contributed by atoms with Gasteiger partial charge in [-0.25, -0.2) is 9.48 Å². The van der Waals surface area contributed by atoms with Crippen LogP contribution in [0.2, 0.25) is 0 Å². The molecule has 0 saturated heterocycles. The summed E-state index contributed by atoms with van der Waals surface area (Å²) in [6.07, 6.45) is 0. The molecule has 15 heavy (non-hydrogen) atoms. The highest BCUT2D eigenvalue weighted by atomic mass is 16.5. The highest BCUT2D eigenvalue weighted by molar-refractivity contribution is 5.84. The van der Waals surface area contributed by atoms with Gasteiger partial charge in [-0.3, -0.25) is 4.79 Å². The van der Waals surface area contributed by atoms with Gasteiger partial charge in [0.15, 0.2) is 5.69 Å². The van der Waals surface area contributed by atoms with Crippen LogP contribution < -0.4 is 5.56 Å². The van der Waals surface area contributed by atoms with Gasteiger partial charge >= 0.3 is 5.97 Å². The lowest BCUT2D eigenvalue weighted by Crippen LogP contribution is -2.26. The first-order valence-corrected chi connectivity index (χ1v) is 4.54. The zero-order chi connectivity index (χ0) is 11.3. The summed E-state index contributed by atoms with van der Waals surface area (Å²) in [5.41, 5.74) is -0.481. The van der Waals surface area contributed by atoms with Crippen LogP contribution in [0.1, 0.15) is 17.4 Å². The Bertz CT molecular complexity index is 399. The molecule has 0 atom stereocenters. The predicted molar refractivity (Wildman–Crippen MR) is 51.9 cm³/mol. The van der Waals surface area contributed by atoms with Crippen molar-refractivity contribution in [2.75, 3.05) is 13.2 Å². The van der Waals surface area contributed by atoms with Gasteiger partial charge in [-0.2, -0.15) is 5.10 Å². The van der Waals surface area contributed by atoms with Crippen LogP contribution in [0.4, 0.5) is 0 Å². The summed E-state index contributed by atoms with van der Waals surface area (Å²) in [6.45, 7) is 2.98. The summed E-state index contributed by atoms with van der Waals surface area (Å²) in [5.74, 6) is -1.15. The van der Waals surface area contributed by atoms with Crippen LogP contribution in [0.15, 0.2) is 16.9 Å². The van der Waals surface area contributed by atoms with Gasteiger partial charge in [0.1, 0.15) is 0 Å². The number of hydrogen-bond acceptors (Lipinski definition) is 4. The topological polar surface area (TPSA) is 81.4 Å². The normalized spacial score (nSPS) is 10.2. The van der Waals surface area contributed by atoms with Crippen molar-refractivity contribution in [2.45, 2.75) is 13.5 Å². The van der Waals surface area contributed by atoms with Crippen LogP contribution in [-0.4, -0.2) is 34.1 Å². The van der Waals surface area contributed by atoms with Crippen LogP contribution in [-0.2, 0) is 11.3 Å². The first kappa shape index (κ1) is 11.4. The van der Waals surface area contributed by atoms with E-state index in [1.54, 1.807) is 0 Å². The standard InChI is InChI=1S/C9H12N2O4/c1-2-15-6-5-11-8(12)4-3-7(10-11)9(13)14/h3-4H,2,5-6H2,1H3,(H,13,14). The Balaban J connectivity index is 2.81. The number of aromatic carboxylic acids is 1. The van der Waals surface area contributed by atoms with Gasteiger partial charge in [0.2, 0.25) is 0 Å². The molecule has 1 aromatic rings. The van der Waals surface area contributed by atoms with Crippen molar-refractivity contribution >= 4 is 5.97 Å². The fraction of sp³-hybridized carbons (Fsp3) is 0.444. The molecule has 0 amide bonds. The number of nitrogens with zero attached hydrogens (tertiary/aromatic N) is 2. The van der Waals surface area contributed by atoms with Gasteiger partial charge in [-0.1, -0.05) is 0 Å². The molecule has 0 spiro atoms. The number of ether oxygens (including phenoxy) is 1. The third-order valence-electron chi connectivity index (χ3n) is 1.74. The number of rotatable bonds is 5. The van der Waals surface area contributed by atoms with E-state index in [1.165, 1.54) is 12.1 Å². The molecule has 1 N–H and O–H groups in total. The fourth-order valence-corrected chi connectivity index (χ4v) is 1.02. The molecule has 0 bridgehead atoms. The van der Waals surface area contributed by atoms with Crippen molar-refractivity contribution in [3.8, 4) is 0 Å². The monoisotopic (exact) mass is 212 g/mol. The van der Waals surface area contributed by atoms with Gasteiger partial charge < -0.3 is 9.84 Å². The van der Waals surface area contributed by atoms with E-state index >= 15 is 0 Å². The molecule has 6 nitrogen and oxygen atoms in total. The molecule has 1 heterocycles. The van der Waals surface area contributed by atoms with Crippen LogP contribution >= 0.6 is 0 Å². The van der Waals surface area contributed by atoms with E-state index in [4.69, 9.17) is 9.84 Å². The minimum Gasteiger partial charge on any atom is -0.476 e. The highest BCUT2D eigenvalue weighted by Crippen LogP contribution is 1.90. The first-order valence-electron chi connectivity index (χ1n) is 4.54. The van der Waals surface area contributed by atoms with E-state index in [0.29, 0.717) is 13.2 Å². The molecule has 6 heteroatoms. The van der Waals surface area contributed by atoms with Crippen molar-refractivity contribution in [1.29, 1.82) is 0 Å². The molecular weight excluding hydrogens is 200 g/mol. The van der Waals surface area contributed by atoms with Gasteiger partial charge in [-0.15, -0.1) is 0 Å². The second kappa shape index (κ2) is 5.26. The van der Waals surface area contributed by atoms with Crippen molar-refractivity contribution in [3.63, 3.8) is 0 Å². The van der Waals surface area contributed by atoms with E-state index in [1.807, 2.05) is 6.92 Å². The Morgan fingerprint density at radius 3 is 2.93 bits per heavy atom. The average molecular weight is 212 g/mol. The summed E-state index contributed by atoms with van der Waals surface area (Å²) in [6, 6.07) is 2.37. The van der Waals surface area contributed by atoms with Gasteiger partial charge in [0.05, 0.1) is 13.2 Å². The minimum atomic E-state index is -1.15. The summed E-state index contributed by atoms with van der Waals surface area (Å²) in [5, 5.41) is 12.3. The largest absolute Gasteiger partial charge is 0.476 e. The first-order chi connectivity index (χ1) is 7.15. The van der Waals surface area contributed by atoms with E-state index in [2.05, 4.69) is 5.10 Å². The molecule has 0 unspecified atom stereocenters. The van der Waals surface area contributed by atoms with Crippen LogP contribution in [0.5, 0.6) is 0 Å². The molecule has 0 aromatic carbocycles. The van der Waals surface area contributed by atoms with E-state index in [0.717, 1.165) is 4.68 Å². The van der Waals surface area contributed by atoms with E-state index < -0.39 is 5.97 Å².